The summed E-state index contributed by atoms with van der Waals surface area (Å²) >= 11 is 1.56. The summed E-state index contributed by atoms with van der Waals surface area (Å²) in [6, 6.07) is 5.91. The van der Waals surface area contributed by atoms with Gasteiger partial charge in [0.25, 0.3) is 5.91 Å². The number of aromatic nitrogens is 3. The van der Waals surface area contributed by atoms with E-state index < -0.39 is 5.91 Å². The Balaban J connectivity index is 2.25. The minimum Gasteiger partial charge on any atom is -0.380 e. The topological polar surface area (TPSA) is 93.8 Å². The van der Waals surface area contributed by atoms with E-state index in [1.54, 1.807) is 17.5 Å². The molecule has 1 amide bonds. The third-order valence-electron chi connectivity index (χ3n) is 3.11. The molecule has 3 aromatic rings. The van der Waals surface area contributed by atoms with E-state index in [1.807, 2.05) is 37.4 Å². The summed E-state index contributed by atoms with van der Waals surface area (Å²) in [5.74, 6) is -0.600. The van der Waals surface area contributed by atoms with Crippen molar-refractivity contribution in [3.05, 3.63) is 35.5 Å². The number of carbonyl (C=O) groups excluding carboxylic acids is 1. The van der Waals surface area contributed by atoms with Crippen LogP contribution in [0.1, 0.15) is 24.3 Å². The van der Waals surface area contributed by atoms with Crippen molar-refractivity contribution in [1.82, 2.24) is 15.2 Å². The summed E-state index contributed by atoms with van der Waals surface area (Å²) in [5, 5.41) is 14.9. The van der Waals surface area contributed by atoms with Crippen LogP contribution < -0.4 is 11.1 Å². The Morgan fingerprint density at radius 2 is 2.14 bits per heavy atom. The summed E-state index contributed by atoms with van der Waals surface area (Å²) in [6.45, 7) is 3.98. The Bertz CT molecular complexity index is 829. The molecule has 0 aliphatic rings. The molecule has 0 spiro atoms. The van der Waals surface area contributed by atoms with E-state index >= 15 is 0 Å². The Morgan fingerprint density at radius 3 is 2.77 bits per heavy atom. The van der Waals surface area contributed by atoms with Crippen molar-refractivity contribution in [2.45, 2.75) is 19.9 Å². The number of rotatable bonds is 4. The third kappa shape index (κ3) is 2.62. The molecular weight excluding hydrogens is 298 g/mol. The van der Waals surface area contributed by atoms with Crippen molar-refractivity contribution in [2.75, 3.05) is 5.32 Å². The van der Waals surface area contributed by atoms with Crippen molar-refractivity contribution < 1.29 is 4.79 Å². The monoisotopic (exact) mass is 313 g/mol. The highest BCUT2D eigenvalue weighted by molar-refractivity contribution is 7.13. The Kier molecular flexibility index (Phi) is 3.72. The van der Waals surface area contributed by atoms with Gasteiger partial charge in [0.05, 0.1) is 11.2 Å². The van der Waals surface area contributed by atoms with Gasteiger partial charge in [0.1, 0.15) is 5.01 Å². The average Bonchev–Trinajstić information content (AvgIpc) is 3.00. The predicted octanol–water partition coefficient (Wildman–Crippen LogP) is 2.67. The van der Waals surface area contributed by atoms with Crippen molar-refractivity contribution in [3.63, 3.8) is 0 Å². The zero-order chi connectivity index (χ0) is 15.7. The van der Waals surface area contributed by atoms with Crippen LogP contribution >= 0.6 is 11.3 Å². The van der Waals surface area contributed by atoms with E-state index in [0.29, 0.717) is 11.2 Å². The number of fused-ring (bicyclic) bond motifs is 1. The number of nitrogens with two attached hydrogens (primary N) is 1. The third-order valence-corrected chi connectivity index (χ3v) is 3.93. The highest BCUT2D eigenvalue weighted by atomic mass is 32.1. The number of thiazole rings is 1. The molecule has 0 saturated carbocycles. The lowest BCUT2D eigenvalue weighted by Crippen LogP contribution is -2.20. The molecule has 2 aromatic heterocycles. The first kappa shape index (κ1) is 14.4. The lowest BCUT2D eigenvalue weighted by molar-refractivity contribution is 0.0995. The number of nitrogens with zero attached hydrogens (tertiary/aromatic N) is 3. The molecule has 2 heterocycles. The van der Waals surface area contributed by atoms with Gasteiger partial charge >= 0.3 is 0 Å². The maximum atomic E-state index is 11.6. The summed E-state index contributed by atoms with van der Waals surface area (Å²) in [7, 11) is 0. The maximum Gasteiger partial charge on any atom is 0.271 e. The molecule has 22 heavy (non-hydrogen) atoms. The van der Waals surface area contributed by atoms with Crippen LogP contribution in [0.15, 0.2) is 29.8 Å². The van der Waals surface area contributed by atoms with E-state index in [1.165, 1.54) is 0 Å². The number of anilines is 1. The molecule has 0 aliphatic heterocycles. The van der Waals surface area contributed by atoms with Crippen molar-refractivity contribution in [1.29, 1.82) is 0 Å². The van der Waals surface area contributed by atoms with Gasteiger partial charge in [-0.25, -0.2) is 4.98 Å². The summed E-state index contributed by atoms with van der Waals surface area (Å²) in [4.78, 5) is 15.9. The molecular formula is C15H15N5OS. The van der Waals surface area contributed by atoms with Gasteiger partial charge in [-0.05, 0) is 32.0 Å². The highest BCUT2D eigenvalue weighted by Gasteiger charge is 2.16. The van der Waals surface area contributed by atoms with Crippen molar-refractivity contribution >= 4 is 33.8 Å². The molecule has 0 radical (unpaired) electrons. The van der Waals surface area contributed by atoms with E-state index in [2.05, 4.69) is 20.5 Å². The summed E-state index contributed by atoms with van der Waals surface area (Å²) in [6.07, 6.45) is 1.76. The van der Waals surface area contributed by atoms with Crippen LogP contribution in [0.3, 0.4) is 0 Å². The predicted molar refractivity (Wildman–Crippen MR) is 87.9 cm³/mol. The van der Waals surface area contributed by atoms with Crippen LogP contribution in [0.25, 0.3) is 21.5 Å². The largest absolute Gasteiger partial charge is 0.380 e. The molecule has 7 heteroatoms. The fourth-order valence-electron chi connectivity index (χ4n) is 2.21. The van der Waals surface area contributed by atoms with Crippen LogP contribution in [0.5, 0.6) is 0 Å². The molecule has 3 rings (SSSR count). The Hall–Kier alpha value is -2.54. The minimum absolute atomic E-state index is 0.133. The lowest BCUT2D eigenvalue weighted by Gasteiger charge is -2.15. The quantitative estimate of drug-likeness (QED) is 0.772. The van der Waals surface area contributed by atoms with Gasteiger partial charge in [0.2, 0.25) is 0 Å². The van der Waals surface area contributed by atoms with Gasteiger partial charge in [0, 0.05) is 28.6 Å². The molecule has 3 N–H and O–H groups in total. The van der Waals surface area contributed by atoms with Crippen LogP contribution in [0.2, 0.25) is 0 Å². The van der Waals surface area contributed by atoms with Gasteiger partial charge in [0.15, 0.2) is 5.69 Å². The maximum absolute atomic E-state index is 11.6. The number of hydrogen-bond donors (Lipinski definition) is 2. The SMILES string of the molecule is CC(C)Nc1c(C(N)=O)nnc2ccc(-c3nccs3)cc12. The smallest absolute Gasteiger partial charge is 0.271 e. The van der Waals surface area contributed by atoms with Gasteiger partial charge in [-0.1, -0.05) is 0 Å². The van der Waals surface area contributed by atoms with Gasteiger partial charge < -0.3 is 11.1 Å². The Labute approximate surface area is 131 Å². The molecule has 0 unspecified atom stereocenters. The second-order valence-corrected chi connectivity index (χ2v) is 6.05. The standard InChI is InChI=1S/C15H15N5OS/c1-8(2)18-12-10-7-9(15-17-5-6-22-15)3-4-11(10)19-20-13(12)14(16)21/h3-8H,1-2H3,(H2,16,21)(H,18,19). The molecule has 112 valence electrons. The number of nitrogens with one attached hydrogen (secondary N) is 1. The van der Waals surface area contributed by atoms with Crippen LogP contribution in [0.4, 0.5) is 5.69 Å². The van der Waals surface area contributed by atoms with Gasteiger partial charge in [-0.3, -0.25) is 4.79 Å². The van der Waals surface area contributed by atoms with Crippen molar-refractivity contribution in [3.8, 4) is 10.6 Å². The number of amides is 1. The molecule has 0 saturated heterocycles. The first-order valence-corrected chi connectivity index (χ1v) is 7.71. The molecule has 1 aromatic carbocycles. The van der Waals surface area contributed by atoms with Gasteiger partial charge in [-0.2, -0.15) is 0 Å². The van der Waals surface area contributed by atoms with E-state index in [-0.39, 0.29) is 11.7 Å². The summed E-state index contributed by atoms with van der Waals surface area (Å²) in [5.41, 5.74) is 7.86. The first-order valence-electron chi connectivity index (χ1n) is 6.83. The minimum atomic E-state index is -0.600. The molecule has 6 nitrogen and oxygen atoms in total. The number of hydrogen-bond acceptors (Lipinski definition) is 6. The Morgan fingerprint density at radius 1 is 1.32 bits per heavy atom. The second-order valence-electron chi connectivity index (χ2n) is 5.16. The first-order chi connectivity index (χ1) is 10.6. The number of carbonyl (C=O) groups is 1. The molecule has 0 fully saturated rings. The van der Waals surface area contributed by atoms with E-state index in [4.69, 9.17) is 5.73 Å². The van der Waals surface area contributed by atoms with Crippen LogP contribution in [-0.2, 0) is 0 Å². The lowest BCUT2D eigenvalue weighted by atomic mass is 10.1. The normalized spacial score (nSPS) is 11.0. The molecule has 0 bridgehead atoms. The molecule has 0 atom stereocenters. The van der Waals surface area contributed by atoms with E-state index in [0.717, 1.165) is 16.0 Å². The average molecular weight is 313 g/mol. The van der Waals surface area contributed by atoms with Crippen molar-refractivity contribution in [2.24, 2.45) is 5.73 Å². The van der Waals surface area contributed by atoms with Gasteiger partial charge in [-0.15, -0.1) is 21.5 Å². The number of primary amides is 1. The van der Waals surface area contributed by atoms with Crippen LogP contribution in [0, 0.1) is 0 Å². The fraction of sp³-hybridized carbons (Fsp3) is 0.200. The summed E-state index contributed by atoms with van der Waals surface area (Å²) < 4.78 is 0. The zero-order valence-corrected chi connectivity index (χ0v) is 13.0. The zero-order valence-electron chi connectivity index (χ0n) is 12.2. The number of benzene rings is 1. The van der Waals surface area contributed by atoms with E-state index in [9.17, 15) is 4.79 Å². The highest BCUT2D eigenvalue weighted by Crippen LogP contribution is 2.30. The second kappa shape index (κ2) is 5.69. The van der Waals surface area contributed by atoms with Crippen LogP contribution in [-0.4, -0.2) is 27.1 Å². The molecule has 0 aliphatic carbocycles. The fourth-order valence-corrected chi connectivity index (χ4v) is 2.85.